The van der Waals surface area contributed by atoms with E-state index in [1.165, 1.54) is 5.56 Å². The average Bonchev–Trinajstić information content (AvgIpc) is 3.22. The Balaban J connectivity index is 1.42. The van der Waals surface area contributed by atoms with E-state index >= 15 is 0 Å². The molecule has 0 radical (unpaired) electrons. The Kier molecular flexibility index (Phi) is 5.05. The molecule has 0 bridgehead atoms. The second-order valence-corrected chi connectivity index (χ2v) is 7.37. The van der Waals surface area contributed by atoms with Gasteiger partial charge < -0.3 is 14.4 Å². The highest BCUT2D eigenvalue weighted by atomic mass is 16.5. The number of rotatable bonds is 5. The maximum absolute atomic E-state index is 12.5. The van der Waals surface area contributed by atoms with Gasteiger partial charge in [0.15, 0.2) is 0 Å². The maximum atomic E-state index is 12.5. The molecule has 0 spiro atoms. The van der Waals surface area contributed by atoms with E-state index in [-0.39, 0.29) is 24.7 Å². The van der Waals surface area contributed by atoms with Crippen LogP contribution in [0.3, 0.4) is 0 Å². The summed E-state index contributed by atoms with van der Waals surface area (Å²) in [5, 5.41) is 4.42. The lowest BCUT2D eigenvalue weighted by Crippen LogP contribution is -2.58. The average molecular weight is 348 g/mol. The quantitative estimate of drug-likeness (QED) is 0.791. The monoisotopic (exact) mass is 348 g/mol. The summed E-state index contributed by atoms with van der Waals surface area (Å²) in [7, 11) is 0. The lowest BCUT2D eigenvalue weighted by atomic mass is 10.0. The van der Waals surface area contributed by atoms with Crippen LogP contribution in [0.4, 0.5) is 0 Å². The van der Waals surface area contributed by atoms with Gasteiger partial charge in [0.05, 0.1) is 18.3 Å². The summed E-state index contributed by atoms with van der Waals surface area (Å²) < 4.78 is 13.3. The number of amides is 1. The normalized spacial score (nSPS) is 28.5. The van der Waals surface area contributed by atoms with Crippen LogP contribution in [-0.2, 0) is 27.4 Å². The molecular weight excluding hydrogens is 320 g/mol. The van der Waals surface area contributed by atoms with E-state index < -0.39 is 0 Å². The number of hydrogen-bond acceptors (Lipinski definition) is 5. The first-order valence-corrected chi connectivity index (χ1v) is 9.49. The Labute approximate surface area is 148 Å². The van der Waals surface area contributed by atoms with Crippen LogP contribution >= 0.6 is 0 Å². The molecule has 3 saturated heterocycles. The van der Waals surface area contributed by atoms with Gasteiger partial charge >= 0.3 is 0 Å². The van der Waals surface area contributed by atoms with Crippen molar-refractivity contribution in [3.8, 4) is 0 Å². The largest absolute Gasteiger partial charge is 0.381 e. The second kappa shape index (κ2) is 7.43. The summed E-state index contributed by atoms with van der Waals surface area (Å²) in [5.41, 5.74) is 1.23. The highest BCUT2D eigenvalue weighted by Crippen LogP contribution is 2.29. The van der Waals surface area contributed by atoms with E-state index in [0.717, 1.165) is 58.7 Å². The van der Waals surface area contributed by atoms with Crippen molar-refractivity contribution in [2.24, 2.45) is 0 Å². The molecule has 7 heteroatoms. The predicted octanol–water partition coefficient (Wildman–Crippen LogP) is 0.884. The third-order valence-corrected chi connectivity index (χ3v) is 5.51. The minimum atomic E-state index is 0.131. The molecule has 0 aromatic carbocycles. The minimum absolute atomic E-state index is 0.131. The molecule has 2 atom stereocenters. The number of carbonyl (C=O) groups is 1. The van der Waals surface area contributed by atoms with Gasteiger partial charge in [-0.1, -0.05) is 6.92 Å². The van der Waals surface area contributed by atoms with Crippen molar-refractivity contribution in [2.75, 3.05) is 32.9 Å². The van der Waals surface area contributed by atoms with E-state index in [1.54, 1.807) is 0 Å². The number of ether oxygens (including phenoxy) is 2. The summed E-state index contributed by atoms with van der Waals surface area (Å²) in [6.07, 6.45) is 7.20. The fraction of sp³-hybridized carbons (Fsp3) is 0.778. The number of aryl methyl sites for hydroxylation is 1. The number of aromatic nitrogens is 2. The lowest BCUT2D eigenvalue weighted by Gasteiger charge is -2.43. The number of morpholine rings is 1. The van der Waals surface area contributed by atoms with Gasteiger partial charge in [-0.05, 0) is 19.3 Å². The number of hydrogen-bond donors (Lipinski definition) is 0. The Hall–Kier alpha value is -1.44. The molecule has 0 unspecified atom stereocenters. The molecule has 1 aromatic rings. The molecular formula is C18H28N4O3. The molecule has 7 nitrogen and oxygen atoms in total. The van der Waals surface area contributed by atoms with Crippen molar-refractivity contribution < 1.29 is 14.3 Å². The van der Waals surface area contributed by atoms with Crippen molar-refractivity contribution in [2.45, 2.75) is 57.5 Å². The van der Waals surface area contributed by atoms with E-state index in [0.29, 0.717) is 6.04 Å². The molecule has 25 heavy (non-hydrogen) atoms. The van der Waals surface area contributed by atoms with E-state index in [1.807, 2.05) is 10.9 Å². The number of nitrogens with zero attached hydrogens (tertiary/aromatic N) is 4. The molecule has 3 fully saturated rings. The summed E-state index contributed by atoms with van der Waals surface area (Å²) >= 11 is 0. The zero-order chi connectivity index (χ0) is 17.2. The molecule has 0 saturated carbocycles. The minimum Gasteiger partial charge on any atom is -0.381 e. The van der Waals surface area contributed by atoms with Crippen LogP contribution < -0.4 is 0 Å². The van der Waals surface area contributed by atoms with Crippen LogP contribution in [0.15, 0.2) is 12.4 Å². The third kappa shape index (κ3) is 3.59. The molecule has 1 amide bonds. The van der Waals surface area contributed by atoms with Crippen LogP contribution in [0.1, 0.15) is 31.7 Å². The van der Waals surface area contributed by atoms with E-state index in [2.05, 4.69) is 28.0 Å². The Morgan fingerprint density at radius 1 is 1.28 bits per heavy atom. The number of fused-ring (bicyclic) bond motifs is 1. The van der Waals surface area contributed by atoms with Gasteiger partial charge in [0.1, 0.15) is 6.61 Å². The summed E-state index contributed by atoms with van der Waals surface area (Å²) in [4.78, 5) is 17.0. The molecule has 4 heterocycles. The van der Waals surface area contributed by atoms with Gasteiger partial charge in [-0.15, -0.1) is 0 Å². The van der Waals surface area contributed by atoms with Crippen LogP contribution in [0.25, 0.3) is 0 Å². The zero-order valence-corrected chi connectivity index (χ0v) is 15.0. The highest BCUT2D eigenvalue weighted by molar-refractivity contribution is 5.79. The van der Waals surface area contributed by atoms with Crippen molar-refractivity contribution in [3.05, 3.63) is 18.0 Å². The number of carbonyl (C=O) groups excluding carboxylic acids is 1. The van der Waals surface area contributed by atoms with Crippen LogP contribution in [0.2, 0.25) is 0 Å². The SMILES string of the molecule is CCCn1cc(CN2C[C@@H]3OCC(=O)N(C4CCOCC4)[C@H]3C2)cn1. The standard InChI is InChI=1S/C18H28N4O3/c1-2-5-21-10-14(8-19-21)9-20-11-16-17(12-20)25-13-18(23)22(16)15-3-6-24-7-4-15/h8,10,15-17H,2-7,9,11-13H2,1H3/t16-,17-/m0/s1. The molecule has 1 aromatic heterocycles. The molecule has 138 valence electrons. The van der Waals surface area contributed by atoms with Gasteiger partial charge in [-0.25, -0.2) is 0 Å². The molecule has 3 aliphatic heterocycles. The number of likely N-dealkylation sites (tertiary alicyclic amines) is 1. The van der Waals surface area contributed by atoms with Gasteiger partial charge in [0, 0.05) is 57.2 Å². The zero-order valence-electron chi connectivity index (χ0n) is 15.0. The summed E-state index contributed by atoms with van der Waals surface area (Å²) in [6, 6.07) is 0.486. The van der Waals surface area contributed by atoms with Gasteiger partial charge in [0.2, 0.25) is 5.91 Å². The van der Waals surface area contributed by atoms with Crippen molar-refractivity contribution in [1.29, 1.82) is 0 Å². The first kappa shape index (κ1) is 17.0. The highest BCUT2D eigenvalue weighted by Gasteiger charge is 2.45. The van der Waals surface area contributed by atoms with Crippen LogP contribution in [0, 0.1) is 0 Å². The predicted molar refractivity (Wildman–Crippen MR) is 92.0 cm³/mol. The first-order valence-electron chi connectivity index (χ1n) is 9.49. The topological polar surface area (TPSA) is 59.8 Å². The Bertz CT molecular complexity index is 599. The van der Waals surface area contributed by atoms with Crippen LogP contribution in [-0.4, -0.2) is 76.6 Å². The molecule has 3 aliphatic rings. The maximum Gasteiger partial charge on any atom is 0.249 e. The van der Waals surface area contributed by atoms with Crippen molar-refractivity contribution in [1.82, 2.24) is 19.6 Å². The fourth-order valence-corrected chi connectivity index (χ4v) is 4.37. The lowest BCUT2D eigenvalue weighted by molar-refractivity contribution is -0.159. The summed E-state index contributed by atoms with van der Waals surface area (Å²) in [6.45, 7) is 7.49. The Morgan fingerprint density at radius 2 is 2.12 bits per heavy atom. The third-order valence-electron chi connectivity index (χ3n) is 5.51. The fourth-order valence-electron chi connectivity index (χ4n) is 4.37. The molecule has 4 rings (SSSR count). The van der Waals surface area contributed by atoms with Gasteiger partial charge in [-0.2, -0.15) is 5.10 Å². The van der Waals surface area contributed by atoms with Gasteiger partial charge in [0.25, 0.3) is 0 Å². The molecule has 0 aliphatic carbocycles. The Morgan fingerprint density at radius 3 is 2.92 bits per heavy atom. The van der Waals surface area contributed by atoms with Crippen LogP contribution in [0.5, 0.6) is 0 Å². The summed E-state index contributed by atoms with van der Waals surface area (Å²) in [5.74, 6) is 0.144. The first-order chi connectivity index (χ1) is 12.2. The van der Waals surface area contributed by atoms with Crippen molar-refractivity contribution in [3.63, 3.8) is 0 Å². The van der Waals surface area contributed by atoms with Crippen molar-refractivity contribution >= 4 is 5.91 Å². The smallest absolute Gasteiger partial charge is 0.249 e. The molecule has 0 N–H and O–H groups in total. The van der Waals surface area contributed by atoms with Gasteiger partial charge in [-0.3, -0.25) is 14.4 Å². The van der Waals surface area contributed by atoms with E-state index in [4.69, 9.17) is 9.47 Å². The second-order valence-electron chi connectivity index (χ2n) is 7.37. The van der Waals surface area contributed by atoms with E-state index in [9.17, 15) is 4.79 Å².